The smallest absolute Gasteiger partial charge is 0.134 e. The Morgan fingerprint density at radius 3 is 2.59 bits per heavy atom. The molecule has 0 saturated heterocycles. The molecular weight excluding hydrogens is 214 g/mol. The molecule has 0 saturated carbocycles. The van der Waals surface area contributed by atoms with Crippen molar-refractivity contribution >= 4 is 11.6 Å². The van der Waals surface area contributed by atoms with E-state index >= 15 is 0 Å². The van der Waals surface area contributed by atoms with Gasteiger partial charge in [0, 0.05) is 19.2 Å². The standard InChI is InChI=1S/C12H19N5/c1-9(2)17(5)11-6-10(14-8-15-11)16-12(3,4)7-13/h6,8-9H,1-5H3,(H,14,15,16). The molecule has 0 aromatic carbocycles. The Labute approximate surface area is 102 Å². The van der Waals surface area contributed by atoms with Gasteiger partial charge in [-0.25, -0.2) is 9.97 Å². The number of nitrogens with one attached hydrogen (secondary N) is 1. The summed E-state index contributed by atoms with van der Waals surface area (Å²) in [5.41, 5.74) is -0.637. The number of anilines is 2. The van der Waals surface area contributed by atoms with Gasteiger partial charge in [0.15, 0.2) is 0 Å². The second-order valence-corrected chi connectivity index (χ2v) is 4.83. The lowest BCUT2D eigenvalue weighted by Gasteiger charge is -2.24. The van der Waals surface area contributed by atoms with Crippen LogP contribution in [0.4, 0.5) is 11.6 Å². The molecule has 0 aliphatic rings. The Morgan fingerprint density at radius 2 is 2.06 bits per heavy atom. The Morgan fingerprint density at radius 1 is 1.41 bits per heavy atom. The summed E-state index contributed by atoms with van der Waals surface area (Å²) in [5.74, 6) is 1.50. The first kappa shape index (κ1) is 13.2. The van der Waals surface area contributed by atoms with Crippen LogP contribution in [-0.2, 0) is 0 Å². The van der Waals surface area contributed by atoms with Crippen LogP contribution in [0.2, 0.25) is 0 Å². The van der Waals surface area contributed by atoms with Gasteiger partial charge in [-0.3, -0.25) is 0 Å². The first-order chi connectivity index (χ1) is 7.85. The Kier molecular flexibility index (Phi) is 3.89. The number of nitrogens with zero attached hydrogens (tertiary/aromatic N) is 4. The first-order valence-corrected chi connectivity index (χ1v) is 5.60. The van der Waals surface area contributed by atoms with E-state index in [1.807, 2.05) is 18.0 Å². The zero-order chi connectivity index (χ0) is 13.1. The van der Waals surface area contributed by atoms with Crippen molar-refractivity contribution in [3.63, 3.8) is 0 Å². The van der Waals surface area contributed by atoms with E-state index < -0.39 is 5.54 Å². The molecule has 0 aliphatic carbocycles. The number of rotatable bonds is 4. The fourth-order valence-electron chi connectivity index (χ4n) is 1.22. The lowest BCUT2D eigenvalue weighted by Crippen LogP contribution is -2.30. The van der Waals surface area contributed by atoms with E-state index in [2.05, 4.69) is 35.2 Å². The number of hydrogen-bond donors (Lipinski definition) is 1. The highest BCUT2D eigenvalue weighted by molar-refractivity contribution is 5.50. The van der Waals surface area contributed by atoms with Gasteiger partial charge in [-0.1, -0.05) is 0 Å². The van der Waals surface area contributed by atoms with E-state index in [-0.39, 0.29) is 0 Å². The van der Waals surface area contributed by atoms with Gasteiger partial charge >= 0.3 is 0 Å². The molecular formula is C12H19N5. The summed E-state index contributed by atoms with van der Waals surface area (Å²) in [7, 11) is 1.98. The molecule has 1 rings (SSSR count). The van der Waals surface area contributed by atoms with E-state index in [9.17, 15) is 0 Å². The zero-order valence-corrected chi connectivity index (χ0v) is 11.0. The summed E-state index contributed by atoms with van der Waals surface area (Å²) in [6, 6.07) is 4.39. The molecule has 0 spiro atoms. The van der Waals surface area contributed by atoms with Crippen LogP contribution >= 0.6 is 0 Å². The van der Waals surface area contributed by atoms with Gasteiger partial charge < -0.3 is 10.2 Å². The third-order valence-corrected chi connectivity index (χ3v) is 2.51. The highest BCUT2D eigenvalue weighted by atomic mass is 15.2. The van der Waals surface area contributed by atoms with Crippen molar-refractivity contribution in [3.05, 3.63) is 12.4 Å². The summed E-state index contributed by atoms with van der Waals surface area (Å²) >= 11 is 0. The number of hydrogen-bond acceptors (Lipinski definition) is 5. The lowest BCUT2D eigenvalue weighted by atomic mass is 10.1. The molecule has 0 bridgehead atoms. The van der Waals surface area contributed by atoms with E-state index in [1.165, 1.54) is 6.33 Å². The van der Waals surface area contributed by atoms with Gasteiger partial charge in [0.1, 0.15) is 23.5 Å². The molecule has 0 aliphatic heterocycles. The lowest BCUT2D eigenvalue weighted by molar-refractivity contribution is 0.718. The number of aromatic nitrogens is 2. The third kappa shape index (κ3) is 3.59. The topological polar surface area (TPSA) is 64.8 Å². The molecule has 1 aromatic heterocycles. The summed E-state index contributed by atoms with van der Waals surface area (Å²) in [6.07, 6.45) is 1.50. The molecule has 1 N–H and O–H groups in total. The van der Waals surface area contributed by atoms with Gasteiger partial charge in [-0.2, -0.15) is 5.26 Å². The van der Waals surface area contributed by atoms with Crippen LogP contribution in [0.1, 0.15) is 27.7 Å². The minimum atomic E-state index is -0.637. The van der Waals surface area contributed by atoms with Crippen LogP contribution in [0.15, 0.2) is 12.4 Å². The molecule has 5 heteroatoms. The molecule has 0 unspecified atom stereocenters. The highest BCUT2D eigenvalue weighted by Gasteiger charge is 2.17. The molecule has 1 aromatic rings. The van der Waals surface area contributed by atoms with Crippen LogP contribution in [0.5, 0.6) is 0 Å². The molecule has 0 atom stereocenters. The van der Waals surface area contributed by atoms with Crippen molar-refractivity contribution in [2.45, 2.75) is 39.3 Å². The van der Waals surface area contributed by atoms with Gasteiger partial charge in [-0.05, 0) is 27.7 Å². The second-order valence-electron chi connectivity index (χ2n) is 4.83. The number of nitriles is 1. The van der Waals surface area contributed by atoms with Crippen molar-refractivity contribution in [2.24, 2.45) is 0 Å². The van der Waals surface area contributed by atoms with E-state index in [1.54, 1.807) is 13.8 Å². The Bertz CT molecular complexity index is 419. The molecule has 1 heterocycles. The van der Waals surface area contributed by atoms with Crippen molar-refractivity contribution < 1.29 is 0 Å². The molecule has 0 fully saturated rings. The predicted octanol–water partition coefficient (Wildman–Crippen LogP) is 2.04. The van der Waals surface area contributed by atoms with Crippen LogP contribution in [0, 0.1) is 11.3 Å². The van der Waals surface area contributed by atoms with Crippen molar-refractivity contribution in [1.82, 2.24) is 9.97 Å². The monoisotopic (exact) mass is 233 g/mol. The highest BCUT2D eigenvalue weighted by Crippen LogP contribution is 2.17. The largest absolute Gasteiger partial charge is 0.357 e. The average molecular weight is 233 g/mol. The Balaban J connectivity index is 2.91. The first-order valence-electron chi connectivity index (χ1n) is 5.60. The maximum atomic E-state index is 8.96. The molecule has 92 valence electrons. The van der Waals surface area contributed by atoms with Gasteiger partial charge in [-0.15, -0.1) is 0 Å². The molecule has 0 radical (unpaired) electrons. The Hall–Kier alpha value is -1.83. The summed E-state index contributed by atoms with van der Waals surface area (Å²) < 4.78 is 0. The van der Waals surface area contributed by atoms with Crippen molar-refractivity contribution in [3.8, 4) is 6.07 Å². The summed E-state index contributed by atoms with van der Waals surface area (Å²) in [5, 5.41) is 12.0. The maximum absolute atomic E-state index is 8.96. The fourth-order valence-corrected chi connectivity index (χ4v) is 1.22. The summed E-state index contributed by atoms with van der Waals surface area (Å²) in [4.78, 5) is 10.4. The SMILES string of the molecule is CC(C)N(C)c1cc(NC(C)(C)C#N)ncn1. The third-order valence-electron chi connectivity index (χ3n) is 2.51. The van der Waals surface area contributed by atoms with Crippen LogP contribution in [0.3, 0.4) is 0 Å². The average Bonchev–Trinajstić information content (AvgIpc) is 2.27. The zero-order valence-electron chi connectivity index (χ0n) is 11.0. The van der Waals surface area contributed by atoms with E-state index in [4.69, 9.17) is 5.26 Å². The predicted molar refractivity (Wildman–Crippen MR) is 68.9 cm³/mol. The van der Waals surface area contributed by atoms with Gasteiger partial charge in [0.2, 0.25) is 0 Å². The normalized spacial score (nSPS) is 11.1. The quantitative estimate of drug-likeness (QED) is 0.862. The van der Waals surface area contributed by atoms with Gasteiger partial charge in [0.05, 0.1) is 6.07 Å². The maximum Gasteiger partial charge on any atom is 0.134 e. The molecule has 5 nitrogen and oxygen atoms in total. The van der Waals surface area contributed by atoms with Gasteiger partial charge in [0.25, 0.3) is 0 Å². The van der Waals surface area contributed by atoms with Crippen LogP contribution in [0.25, 0.3) is 0 Å². The second kappa shape index (κ2) is 5.00. The minimum absolute atomic E-state index is 0.363. The van der Waals surface area contributed by atoms with Crippen LogP contribution < -0.4 is 10.2 Å². The fraction of sp³-hybridized carbons (Fsp3) is 0.583. The van der Waals surface area contributed by atoms with E-state index in [0.29, 0.717) is 11.9 Å². The van der Waals surface area contributed by atoms with Crippen molar-refractivity contribution in [2.75, 3.05) is 17.3 Å². The van der Waals surface area contributed by atoms with Crippen LogP contribution in [-0.4, -0.2) is 28.6 Å². The molecule has 17 heavy (non-hydrogen) atoms. The molecule has 0 amide bonds. The minimum Gasteiger partial charge on any atom is -0.357 e. The summed E-state index contributed by atoms with van der Waals surface area (Å²) in [6.45, 7) is 7.80. The van der Waals surface area contributed by atoms with Crippen molar-refractivity contribution in [1.29, 1.82) is 5.26 Å². The van der Waals surface area contributed by atoms with E-state index in [0.717, 1.165) is 5.82 Å².